The van der Waals surface area contributed by atoms with Gasteiger partial charge < -0.3 is 5.32 Å². The summed E-state index contributed by atoms with van der Waals surface area (Å²) in [5, 5.41) is 3.81. The Hall–Kier alpha value is -3.53. The van der Waals surface area contributed by atoms with Gasteiger partial charge in [0.1, 0.15) is 0 Å². The van der Waals surface area contributed by atoms with Crippen LogP contribution in [0.25, 0.3) is 33.5 Å². The number of anilines is 1. The molecule has 3 aromatic carbocycles. The Morgan fingerprint density at radius 3 is 2.30 bits per heavy atom. The maximum Gasteiger partial charge on any atom is 0.221 e. The summed E-state index contributed by atoms with van der Waals surface area (Å²) in [6.45, 7) is 3.56. The molecule has 1 aromatic heterocycles. The molecule has 0 spiro atoms. The molecule has 4 heteroatoms. The first-order valence-corrected chi connectivity index (χ1v) is 8.82. The third-order valence-electron chi connectivity index (χ3n) is 4.36. The van der Waals surface area contributed by atoms with E-state index in [2.05, 4.69) is 24.4 Å². The summed E-state index contributed by atoms with van der Waals surface area (Å²) < 4.78 is 0. The second kappa shape index (κ2) is 7.00. The number of fused-ring (bicyclic) bond motifs is 1. The summed E-state index contributed by atoms with van der Waals surface area (Å²) in [6, 6.07) is 23.9. The van der Waals surface area contributed by atoms with Gasteiger partial charge in [-0.05, 0) is 31.2 Å². The monoisotopic (exact) mass is 353 g/mol. The number of hydrogen-bond donors (Lipinski definition) is 1. The molecule has 0 aliphatic rings. The zero-order valence-corrected chi connectivity index (χ0v) is 15.2. The number of aryl methyl sites for hydroxylation is 1. The SMILES string of the molecule is CC(=O)Nc1ccc(-c2nc(-c3ccccc3)nc3ccc(C)cc23)cc1. The normalized spacial score (nSPS) is 10.7. The maximum atomic E-state index is 11.3. The molecule has 4 rings (SSSR count). The molecule has 0 aliphatic heterocycles. The van der Waals surface area contributed by atoms with Gasteiger partial charge in [-0.3, -0.25) is 4.79 Å². The summed E-state index contributed by atoms with van der Waals surface area (Å²) in [7, 11) is 0. The van der Waals surface area contributed by atoms with E-state index >= 15 is 0 Å². The molecule has 1 N–H and O–H groups in total. The molecule has 0 radical (unpaired) electrons. The number of nitrogens with zero attached hydrogens (tertiary/aromatic N) is 2. The van der Waals surface area contributed by atoms with E-state index < -0.39 is 0 Å². The topological polar surface area (TPSA) is 54.9 Å². The number of carbonyl (C=O) groups is 1. The van der Waals surface area contributed by atoms with E-state index in [-0.39, 0.29) is 5.91 Å². The predicted molar refractivity (Wildman–Crippen MR) is 109 cm³/mol. The fraction of sp³-hybridized carbons (Fsp3) is 0.0870. The molecule has 0 atom stereocenters. The molecule has 0 bridgehead atoms. The van der Waals surface area contributed by atoms with Crippen molar-refractivity contribution in [3.8, 4) is 22.6 Å². The van der Waals surface area contributed by atoms with Gasteiger partial charge in [-0.15, -0.1) is 0 Å². The zero-order valence-electron chi connectivity index (χ0n) is 15.2. The van der Waals surface area contributed by atoms with E-state index in [4.69, 9.17) is 9.97 Å². The van der Waals surface area contributed by atoms with E-state index in [0.717, 1.165) is 39.0 Å². The Balaban J connectivity index is 1.89. The average Bonchev–Trinajstić information content (AvgIpc) is 2.68. The second-order valence-corrected chi connectivity index (χ2v) is 6.54. The summed E-state index contributed by atoms with van der Waals surface area (Å²) in [5.41, 5.74) is 5.70. The van der Waals surface area contributed by atoms with Crippen LogP contribution in [-0.2, 0) is 4.79 Å². The van der Waals surface area contributed by atoms with Crippen molar-refractivity contribution in [2.45, 2.75) is 13.8 Å². The number of aromatic nitrogens is 2. The Morgan fingerprint density at radius 1 is 0.852 bits per heavy atom. The summed E-state index contributed by atoms with van der Waals surface area (Å²) in [4.78, 5) is 20.9. The third kappa shape index (κ3) is 3.55. The molecule has 0 unspecified atom stereocenters. The molecule has 1 amide bonds. The van der Waals surface area contributed by atoms with Gasteiger partial charge >= 0.3 is 0 Å². The molecule has 0 saturated carbocycles. The lowest BCUT2D eigenvalue weighted by atomic mass is 10.0. The maximum absolute atomic E-state index is 11.3. The van der Waals surface area contributed by atoms with Crippen LogP contribution in [-0.4, -0.2) is 15.9 Å². The van der Waals surface area contributed by atoms with Crippen molar-refractivity contribution < 1.29 is 4.79 Å². The number of rotatable bonds is 3. The van der Waals surface area contributed by atoms with Crippen molar-refractivity contribution in [2.75, 3.05) is 5.32 Å². The van der Waals surface area contributed by atoms with Crippen molar-refractivity contribution in [1.82, 2.24) is 9.97 Å². The molecule has 27 heavy (non-hydrogen) atoms. The van der Waals surface area contributed by atoms with Crippen LogP contribution >= 0.6 is 0 Å². The highest BCUT2D eigenvalue weighted by molar-refractivity contribution is 5.95. The van der Waals surface area contributed by atoms with Gasteiger partial charge in [0.2, 0.25) is 5.91 Å². The van der Waals surface area contributed by atoms with Crippen molar-refractivity contribution in [3.63, 3.8) is 0 Å². The Kier molecular flexibility index (Phi) is 4.38. The summed E-state index contributed by atoms with van der Waals surface area (Å²) in [5.74, 6) is 0.616. The minimum absolute atomic E-state index is 0.0859. The van der Waals surface area contributed by atoms with Gasteiger partial charge in [-0.2, -0.15) is 0 Å². The third-order valence-corrected chi connectivity index (χ3v) is 4.36. The fourth-order valence-corrected chi connectivity index (χ4v) is 3.09. The molecule has 0 aliphatic carbocycles. The van der Waals surface area contributed by atoms with E-state index in [1.165, 1.54) is 6.92 Å². The Labute approximate surface area is 157 Å². The van der Waals surface area contributed by atoms with Gasteiger partial charge in [0, 0.05) is 29.1 Å². The number of carbonyl (C=O) groups excluding carboxylic acids is 1. The summed E-state index contributed by atoms with van der Waals surface area (Å²) >= 11 is 0. The van der Waals surface area contributed by atoms with E-state index in [1.54, 1.807) is 0 Å². The van der Waals surface area contributed by atoms with Crippen LogP contribution in [0.3, 0.4) is 0 Å². The zero-order chi connectivity index (χ0) is 18.8. The number of amides is 1. The average molecular weight is 353 g/mol. The molecule has 132 valence electrons. The lowest BCUT2D eigenvalue weighted by molar-refractivity contribution is -0.114. The van der Waals surface area contributed by atoms with Crippen LogP contribution in [0.2, 0.25) is 0 Å². The largest absolute Gasteiger partial charge is 0.326 e. The molecule has 4 nitrogen and oxygen atoms in total. The second-order valence-electron chi connectivity index (χ2n) is 6.54. The fourth-order valence-electron chi connectivity index (χ4n) is 3.09. The van der Waals surface area contributed by atoms with Crippen LogP contribution in [0.4, 0.5) is 5.69 Å². The van der Waals surface area contributed by atoms with Gasteiger partial charge in [0.25, 0.3) is 0 Å². The molecule has 4 aromatic rings. The lowest BCUT2D eigenvalue weighted by Gasteiger charge is -2.11. The number of benzene rings is 3. The van der Waals surface area contributed by atoms with Crippen molar-refractivity contribution in [3.05, 3.63) is 78.4 Å². The van der Waals surface area contributed by atoms with Gasteiger partial charge in [-0.1, -0.05) is 54.1 Å². The first-order chi connectivity index (χ1) is 13.1. The lowest BCUT2D eigenvalue weighted by Crippen LogP contribution is -2.05. The van der Waals surface area contributed by atoms with E-state index in [1.807, 2.05) is 60.7 Å². The summed E-state index contributed by atoms with van der Waals surface area (Å²) in [6.07, 6.45) is 0. The Bertz CT molecular complexity index is 1120. The van der Waals surface area contributed by atoms with Crippen molar-refractivity contribution in [2.24, 2.45) is 0 Å². The first kappa shape index (κ1) is 16.9. The van der Waals surface area contributed by atoms with Crippen LogP contribution in [0.5, 0.6) is 0 Å². The molecule has 0 fully saturated rings. The minimum Gasteiger partial charge on any atom is -0.326 e. The van der Waals surface area contributed by atoms with Crippen LogP contribution < -0.4 is 5.32 Å². The molecule has 1 heterocycles. The minimum atomic E-state index is -0.0859. The van der Waals surface area contributed by atoms with Crippen LogP contribution in [0, 0.1) is 6.92 Å². The highest BCUT2D eigenvalue weighted by Crippen LogP contribution is 2.30. The molecule has 0 saturated heterocycles. The predicted octanol–water partition coefficient (Wildman–Crippen LogP) is 5.23. The van der Waals surface area contributed by atoms with E-state index in [0.29, 0.717) is 5.82 Å². The number of hydrogen-bond acceptors (Lipinski definition) is 3. The first-order valence-electron chi connectivity index (χ1n) is 8.82. The van der Waals surface area contributed by atoms with Gasteiger partial charge in [0.15, 0.2) is 5.82 Å². The number of nitrogens with one attached hydrogen (secondary N) is 1. The van der Waals surface area contributed by atoms with Gasteiger partial charge in [0.05, 0.1) is 11.2 Å². The van der Waals surface area contributed by atoms with Crippen molar-refractivity contribution in [1.29, 1.82) is 0 Å². The smallest absolute Gasteiger partial charge is 0.221 e. The Morgan fingerprint density at radius 2 is 1.59 bits per heavy atom. The molecular formula is C23H19N3O. The standard InChI is InChI=1S/C23H19N3O/c1-15-8-13-21-20(14-15)22(17-9-11-19(12-10-17)24-16(2)27)26-23(25-21)18-6-4-3-5-7-18/h3-14H,1-2H3,(H,24,27). The van der Waals surface area contributed by atoms with Gasteiger partial charge in [-0.25, -0.2) is 9.97 Å². The van der Waals surface area contributed by atoms with E-state index in [9.17, 15) is 4.79 Å². The van der Waals surface area contributed by atoms with Crippen molar-refractivity contribution >= 4 is 22.5 Å². The quantitative estimate of drug-likeness (QED) is 0.549. The highest BCUT2D eigenvalue weighted by Gasteiger charge is 2.12. The molecular weight excluding hydrogens is 334 g/mol. The van der Waals surface area contributed by atoms with Crippen LogP contribution in [0.1, 0.15) is 12.5 Å². The highest BCUT2D eigenvalue weighted by atomic mass is 16.1. The van der Waals surface area contributed by atoms with Crippen LogP contribution in [0.15, 0.2) is 72.8 Å².